The van der Waals surface area contributed by atoms with Crippen LogP contribution in [0.15, 0.2) is 42.5 Å². The van der Waals surface area contributed by atoms with E-state index in [4.69, 9.17) is 0 Å². The van der Waals surface area contributed by atoms with Crippen molar-refractivity contribution in [2.75, 3.05) is 5.32 Å². The van der Waals surface area contributed by atoms with E-state index in [1.165, 1.54) is 30.0 Å². The molecule has 0 aliphatic heterocycles. The second kappa shape index (κ2) is 5.28. The van der Waals surface area contributed by atoms with Crippen LogP contribution in [-0.2, 0) is 0 Å². The Kier molecular flexibility index (Phi) is 3.47. The molecule has 2 aromatic carbocycles. The quantitative estimate of drug-likeness (QED) is 0.823. The second-order valence-electron chi connectivity index (χ2n) is 5.83. The Morgan fingerprint density at radius 2 is 1.75 bits per heavy atom. The van der Waals surface area contributed by atoms with Crippen LogP contribution in [0, 0.1) is 25.6 Å². The second-order valence-corrected chi connectivity index (χ2v) is 5.83. The molecule has 1 fully saturated rings. The van der Waals surface area contributed by atoms with Crippen molar-refractivity contribution in [2.24, 2.45) is 5.92 Å². The summed E-state index contributed by atoms with van der Waals surface area (Å²) in [6.45, 7) is 4.05. The van der Waals surface area contributed by atoms with E-state index in [1.54, 1.807) is 6.07 Å². The predicted molar refractivity (Wildman–Crippen MR) is 81.4 cm³/mol. The van der Waals surface area contributed by atoms with Gasteiger partial charge in [-0.1, -0.05) is 29.8 Å². The first-order valence-corrected chi connectivity index (χ1v) is 7.23. The number of rotatable bonds is 4. The number of halogens is 1. The fraction of sp³-hybridized carbons (Fsp3) is 0.333. The summed E-state index contributed by atoms with van der Waals surface area (Å²) < 4.78 is 13.2. The maximum atomic E-state index is 13.2. The normalized spacial score (nSPS) is 15.9. The average Bonchev–Trinajstić information content (AvgIpc) is 3.24. The van der Waals surface area contributed by atoms with Crippen LogP contribution in [0.5, 0.6) is 0 Å². The molecule has 1 atom stereocenters. The Morgan fingerprint density at radius 3 is 2.35 bits per heavy atom. The highest BCUT2D eigenvalue weighted by Crippen LogP contribution is 2.43. The van der Waals surface area contributed by atoms with E-state index in [0.717, 1.165) is 11.3 Å². The molecule has 0 amide bonds. The molecule has 104 valence electrons. The molecule has 1 nitrogen and oxygen atoms in total. The molecule has 1 N–H and O–H groups in total. The molecule has 1 aliphatic rings. The number of anilines is 1. The molecule has 0 radical (unpaired) electrons. The Bertz CT molecular complexity index is 599. The summed E-state index contributed by atoms with van der Waals surface area (Å²) in [4.78, 5) is 0. The molecular formula is C18H20FN. The Labute approximate surface area is 119 Å². The molecule has 2 aromatic rings. The van der Waals surface area contributed by atoms with Crippen LogP contribution in [0.3, 0.4) is 0 Å². The summed E-state index contributed by atoms with van der Waals surface area (Å²) in [6, 6.07) is 14.0. The minimum atomic E-state index is -0.175. The molecule has 0 bridgehead atoms. The number of aryl methyl sites for hydroxylation is 2. The lowest BCUT2D eigenvalue weighted by atomic mass is 10.00. The van der Waals surface area contributed by atoms with Crippen LogP contribution in [0.2, 0.25) is 0 Å². The first-order valence-electron chi connectivity index (χ1n) is 7.23. The zero-order valence-corrected chi connectivity index (χ0v) is 12.0. The van der Waals surface area contributed by atoms with Crippen LogP contribution in [0.25, 0.3) is 0 Å². The number of nitrogens with one attached hydrogen (secondary N) is 1. The van der Waals surface area contributed by atoms with Crippen LogP contribution < -0.4 is 5.32 Å². The van der Waals surface area contributed by atoms with Gasteiger partial charge in [-0.05, 0) is 61.9 Å². The van der Waals surface area contributed by atoms with Gasteiger partial charge in [-0.25, -0.2) is 4.39 Å². The van der Waals surface area contributed by atoms with Gasteiger partial charge in [0.1, 0.15) is 5.82 Å². The number of hydrogen-bond acceptors (Lipinski definition) is 1. The third kappa shape index (κ3) is 2.84. The third-order valence-electron chi connectivity index (χ3n) is 4.03. The van der Waals surface area contributed by atoms with Gasteiger partial charge in [-0.2, -0.15) is 0 Å². The lowest BCUT2D eigenvalue weighted by Crippen LogP contribution is -2.13. The Balaban J connectivity index is 1.86. The fourth-order valence-corrected chi connectivity index (χ4v) is 2.63. The molecule has 0 saturated heterocycles. The molecule has 1 unspecified atom stereocenters. The smallest absolute Gasteiger partial charge is 0.123 e. The van der Waals surface area contributed by atoms with E-state index in [-0.39, 0.29) is 5.82 Å². The van der Waals surface area contributed by atoms with Gasteiger partial charge in [0, 0.05) is 5.69 Å². The van der Waals surface area contributed by atoms with Crippen LogP contribution in [0.4, 0.5) is 10.1 Å². The van der Waals surface area contributed by atoms with Gasteiger partial charge < -0.3 is 5.32 Å². The largest absolute Gasteiger partial charge is 0.378 e. The van der Waals surface area contributed by atoms with Crippen molar-refractivity contribution in [3.8, 4) is 0 Å². The number of benzene rings is 2. The van der Waals surface area contributed by atoms with Crippen LogP contribution in [0.1, 0.15) is 35.6 Å². The molecule has 1 saturated carbocycles. The molecule has 20 heavy (non-hydrogen) atoms. The minimum absolute atomic E-state index is 0.175. The Morgan fingerprint density at radius 1 is 1.05 bits per heavy atom. The van der Waals surface area contributed by atoms with E-state index < -0.39 is 0 Å². The summed E-state index contributed by atoms with van der Waals surface area (Å²) in [5.41, 5.74) is 4.59. The zero-order chi connectivity index (χ0) is 14.1. The third-order valence-corrected chi connectivity index (χ3v) is 4.03. The van der Waals surface area contributed by atoms with Crippen LogP contribution in [-0.4, -0.2) is 0 Å². The van der Waals surface area contributed by atoms with Crippen molar-refractivity contribution < 1.29 is 4.39 Å². The zero-order valence-electron chi connectivity index (χ0n) is 12.0. The molecule has 1 aliphatic carbocycles. The molecule has 0 spiro atoms. The van der Waals surface area contributed by atoms with Crippen molar-refractivity contribution >= 4 is 5.69 Å². The summed E-state index contributed by atoms with van der Waals surface area (Å²) in [5, 5.41) is 3.61. The minimum Gasteiger partial charge on any atom is -0.378 e. The highest BCUT2D eigenvalue weighted by molar-refractivity contribution is 5.52. The SMILES string of the molecule is Cc1ccc(C(Nc2ccc(F)cc2C)C2CC2)cc1. The first-order chi connectivity index (χ1) is 9.63. The van der Waals surface area contributed by atoms with Crippen LogP contribution >= 0.6 is 0 Å². The molecule has 0 heterocycles. The van der Waals surface area contributed by atoms with Gasteiger partial charge >= 0.3 is 0 Å². The Hall–Kier alpha value is -1.83. The lowest BCUT2D eigenvalue weighted by molar-refractivity contribution is 0.626. The average molecular weight is 269 g/mol. The molecule has 3 rings (SSSR count). The standard InChI is InChI=1S/C18H20FN/c1-12-3-5-14(6-4-12)18(15-7-8-15)20-17-10-9-16(19)11-13(17)2/h3-6,9-11,15,18,20H,7-8H2,1-2H3. The highest BCUT2D eigenvalue weighted by Gasteiger charge is 2.32. The van der Waals surface area contributed by atoms with E-state index in [9.17, 15) is 4.39 Å². The van der Waals surface area contributed by atoms with Crippen molar-refractivity contribution in [1.29, 1.82) is 0 Å². The van der Waals surface area contributed by atoms with Gasteiger partial charge in [0.05, 0.1) is 6.04 Å². The van der Waals surface area contributed by atoms with Gasteiger partial charge in [-0.15, -0.1) is 0 Å². The fourth-order valence-electron chi connectivity index (χ4n) is 2.63. The highest BCUT2D eigenvalue weighted by atomic mass is 19.1. The summed E-state index contributed by atoms with van der Waals surface area (Å²) in [6.07, 6.45) is 2.54. The summed E-state index contributed by atoms with van der Waals surface area (Å²) in [5.74, 6) is 0.522. The van der Waals surface area contributed by atoms with E-state index in [1.807, 2.05) is 13.0 Å². The van der Waals surface area contributed by atoms with Crippen molar-refractivity contribution in [3.63, 3.8) is 0 Å². The van der Waals surface area contributed by atoms with Gasteiger partial charge in [0.2, 0.25) is 0 Å². The maximum absolute atomic E-state index is 13.2. The van der Waals surface area contributed by atoms with Gasteiger partial charge in [-0.3, -0.25) is 0 Å². The monoisotopic (exact) mass is 269 g/mol. The molecule has 0 aromatic heterocycles. The maximum Gasteiger partial charge on any atom is 0.123 e. The van der Waals surface area contributed by atoms with E-state index in [2.05, 4.69) is 36.5 Å². The molecule has 2 heteroatoms. The number of hydrogen-bond donors (Lipinski definition) is 1. The summed E-state index contributed by atoms with van der Waals surface area (Å²) in [7, 11) is 0. The van der Waals surface area contributed by atoms with E-state index in [0.29, 0.717) is 12.0 Å². The van der Waals surface area contributed by atoms with Crippen molar-refractivity contribution in [2.45, 2.75) is 32.7 Å². The van der Waals surface area contributed by atoms with Crippen molar-refractivity contribution in [1.82, 2.24) is 0 Å². The molecular weight excluding hydrogens is 249 g/mol. The van der Waals surface area contributed by atoms with Gasteiger partial charge in [0.15, 0.2) is 0 Å². The summed E-state index contributed by atoms with van der Waals surface area (Å²) >= 11 is 0. The predicted octanol–water partition coefficient (Wildman–Crippen LogP) is 5.01. The first kappa shape index (κ1) is 13.2. The van der Waals surface area contributed by atoms with Gasteiger partial charge in [0.25, 0.3) is 0 Å². The lowest BCUT2D eigenvalue weighted by Gasteiger charge is -2.21. The topological polar surface area (TPSA) is 12.0 Å². The van der Waals surface area contributed by atoms with Crippen molar-refractivity contribution in [3.05, 3.63) is 65.0 Å². The van der Waals surface area contributed by atoms with E-state index >= 15 is 0 Å².